The van der Waals surface area contributed by atoms with Gasteiger partial charge in [0.2, 0.25) is 11.8 Å². The molecule has 0 aromatic carbocycles. The molecule has 0 saturated heterocycles. The Balaban J connectivity index is 2.63. The maximum absolute atomic E-state index is 11.0. The number of carboxylic acids is 1. The van der Waals surface area contributed by atoms with E-state index in [1.807, 2.05) is 34.6 Å². The maximum atomic E-state index is 11.0. The molecule has 0 bridgehead atoms. The Morgan fingerprint density at radius 3 is 2.39 bits per heavy atom. The molecule has 0 radical (unpaired) electrons. The molecule has 0 spiro atoms. The van der Waals surface area contributed by atoms with E-state index in [1.54, 1.807) is 0 Å². The molecule has 0 saturated carbocycles. The van der Waals surface area contributed by atoms with E-state index in [0.717, 1.165) is 0 Å². The molecule has 6 heteroatoms. The zero-order valence-electron chi connectivity index (χ0n) is 11.5. The summed E-state index contributed by atoms with van der Waals surface area (Å²) in [6.45, 7) is 9.89. The molecule has 0 aliphatic rings. The number of nitrogens with one attached hydrogen (secondary N) is 1. The van der Waals surface area contributed by atoms with E-state index in [4.69, 9.17) is 9.52 Å². The van der Waals surface area contributed by atoms with Crippen molar-refractivity contribution in [3.8, 4) is 0 Å². The Morgan fingerprint density at radius 2 is 2.00 bits per heavy atom. The Morgan fingerprint density at radius 1 is 1.39 bits per heavy atom. The SMILES string of the molecule is CC(C)C(NCc1nnc(C(C)(C)C)o1)C(=O)O. The third-order valence-corrected chi connectivity index (χ3v) is 2.51. The minimum Gasteiger partial charge on any atom is -0.480 e. The van der Waals surface area contributed by atoms with E-state index in [1.165, 1.54) is 0 Å². The third-order valence-electron chi connectivity index (χ3n) is 2.51. The van der Waals surface area contributed by atoms with Crippen LogP contribution in [0.3, 0.4) is 0 Å². The molecule has 1 aromatic heterocycles. The van der Waals surface area contributed by atoms with Gasteiger partial charge >= 0.3 is 5.97 Å². The lowest BCUT2D eigenvalue weighted by atomic mass is 9.97. The van der Waals surface area contributed by atoms with E-state index in [0.29, 0.717) is 11.8 Å². The van der Waals surface area contributed by atoms with Gasteiger partial charge in [-0.25, -0.2) is 0 Å². The normalized spacial score (nSPS) is 13.9. The summed E-state index contributed by atoms with van der Waals surface area (Å²) < 4.78 is 5.48. The van der Waals surface area contributed by atoms with Gasteiger partial charge < -0.3 is 9.52 Å². The van der Waals surface area contributed by atoms with E-state index >= 15 is 0 Å². The van der Waals surface area contributed by atoms with Crippen molar-refractivity contribution in [1.82, 2.24) is 15.5 Å². The molecular formula is C12H21N3O3. The lowest BCUT2D eigenvalue weighted by Gasteiger charge is -2.16. The van der Waals surface area contributed by atoms with Crippen molar-refractivity contribution in [2.75, 3.05) is 0 Å². The highest BCUT2D eigenvalue weighted by atomic mass is 16.4. The first kappa shape index (κ1) is 14.6. The van der Waals surface area contributed by atoms with Crippen LogP contribution in [-0.2, 0) is 16.8 Å². The standard InChI is InChI=1S/C12H21N3O3/c1-7(2)9(10(16)17)13-6-8-14-15-11(18-8)12(3,4)5/h7,9,13H,6H2,1-5H3,(H,16,17). The molecule has 0 aliphatic carbocycles. The molecule has 18 heavy (non-hydrogen) atoms. The van der Waals surface area contributed by atoms with Crippen LogP contribution >= 0.6 is 0 Å². The number of hydrogen-bond donors (Lipinski definition) is 2. The van der Waals surface area contributed by atoms with Crippen LogP contribution in [0.25, 0.3) is 0 Å². The van der Waals surface area contributed by atoms with E-state index in [-0.39, 0.29) is 17.9 Å². The number of rotatable bonds is 5. The number of nitrogens with zero attached hydrogens (tertiary/aromatic N) is 2. The summed E-state index contributed by atoms with van der Waals surface area (Å²) in [5.74, 6) is 0.0793. The van der Waals surface area contributed by atoms with Crippen molar-refractivity contribution in [3.63, 3.8) is 0 Å². The maximum Gasteiger partial charge on any atom is 0.320 e. The molecule has 6 nitrogen and oxygen atoms in total. The zero-order chi connectivity index (χ0) is 13.9. The topological polar surface area (TPSA) is 88.3 Å². The van der Waals surface area contributed by atoms with Crippen LogP contribution in [0.5, 0.6) is 0 Å². The number of carboxylic acid groups (broad SMARTS) is 1. The quantitative estimate of drug-likeness (QED) is 0.830. The van der Waals surface area contributed by atoms with Crippen molar-refractivity contribution in [1.29, 1.82) is 0 Å². The molecule has 102 valence electrons. The van der Waals surface area contributed by atoms with Crippen molar-refractivity contribution in [2.45, 2.75) is 52.6 Å². The first-order chi connectivity index (χ1) is 8.21. The molecule has 1 heterocycles. The highest BCUT2D eigenvalue weighted by molar-refractivity contribution is 5.73. The second-order valence-corrected chi connectivity index (χ2v) is 5.69. The molecule has 0 fully saturated rings. The second-order valence-electron chi connectivity index (χ2n) is 5.69. The van der Waals surface area contributed by atoms with Crippen LogP contribution < -0.4 is 5.32 Å². The molecular weight excluding hydrogens is 234 g/mol. The molecule has 0 aliphatic heterocycles. The van der Waals surface area contributed by atoms with Gasteiger partial charge in [0.25, 0.3) is 0 Å². The Hall–Kier alpha value is -1.43. The lowest BCUT2D eigenvalue weighted by Crippen LogP contribution is -2.40. The van der Waals surface area contributed by atoms with Crippen LogP contribution in [0.4, 0.5) is 0 Å². The van der Waals surface area contributed by atoms with Gasteiger partial charge in [-0.1, -0.05) is 34.6 Å². The summed E-state index contributed by atoms with van der Waals surface area (Å²) in [5.41, 5.74) is -0.199. The highest BCUT2D eigenvalue weighted by Gasteiger charge is 2.24. The van der Waals surface area contributed by atoms with Crippen LogP contribution in [0.1, 0.15) is 46.4 Å². The molecule has 1 rings (SSSR count). The summed E-state index contributed by atoms with van der Waals surface area (Å²) >= 11 is 0. The molecule has 1 atom stereocenters. The second kappa shape index (κ2) is 5.48. The van der Waals surface area contributed by atoms with Crippen molar-refractivity contribution < 1.29 is 14.3 Å². The van der Waals surface area contributed by atoms with Crippen molar-refractivity contribution in [3.05, 3.63) is 11.8 Å². The Bertz CT molecular complexity index is 407. The summed E-state index contributed by atoms with van der Waals surface area (Å²) in [5, 5.41) is 19.8. The van der Waals surface area contributed by atoms with Gasteiger partial charge in [-0.2, -0.15) is 0 Å². The van der Waals surface area contributed by atoms with Gasteiger partial charge in [-0.05, 0) is 5.92 Å². The third kappa shape index (κ3) is 3.80. The first-order valence-electron chi connectivity index (χ1n) is 6.01. The van der Waals surface area contributed by atoms with E-state index in [2.05, 4.69) is 15.5 Å². The van der Waals surface area contributed by atoms with Gasteiger partial charge in [-0.15, -0.1) is 10.2 Å². The van der Waals surface area contributed by atoms with Crippen LogP contribution in [0.2, 0.25) is 0 Å². The number of aromatic nitrogens is 2. The van der Waals surface area contributed by atoms with Crippen LogP contribution in [0.15, 0.2) is 4.42 Å². The van der Waals surface area contributed by atoms with Crippen LogP contribution in [0, 0.1) is 5.92 Å². The smallest absolute Gasteiger partial charge is 0.320 e. The molecule has 0 amide bonds. The van der Waals surface area contributed by atoms with Crippen LogP contribution in [-0.4, -0.2) is 27.3 Å². The van der Waals surface area contributed by atoms with E-state index in [9.17, 15) is 4.79 Å². The molecule has 1 unspecified atom stereocenters. The summed E-state index contributed by atoms with van der Waals surface area (Å²) in [6.07, 6.45) is 0. The average molecular weight is 255 g/mol. The predicted molar refractivity (Wildman–Crippen MR) is 66.1 cm³/mol. The fourth-order valence-corrected chi connectivity index (χ4v) is 1.43. The zero-order valence-corrected chi connectivity index (χ0v) is 11.5. The minimum absolute atomic E-state index is 0.00694. The number of aliphatic carboxylic acids is 1. The van der Waals surface area contributed by atoms with Crippen molar-refractivity contribution in [2.24, 2.45) is 5.92 Å². The monoisotopic (exact) mass is 255 g/mol. The van der Waals surface area contributed by atoms with Crippen molar-refractivity contribution >= 4 is 5.97 Å². The van der Waals surface area contributed by atoms with Gasteiger partial charge in [0.15, 0.2) is 0 Å². The summed E-state index contributed by atoms with van der Waals surface area (Å²) in [6, 6.07) is -0.616. The predicted octanol–water partition coefficient (Wildman–Crippen LogP) is 1.57. The van der Waals surface area contributed by atoms with Gasteiger partial charge in [-0.3, -0.25) is 10.1 Å². The largest absolute Gasteiger partial charge is 0.480 e. The summed E-state index contributed by atoms with van der Waals surface area (Å²) in [4.78, 5) is 11.0. The average Bonchev–Trinajstić information content (AvgIpc) is 2.64. The van der Waals surface area contributed by atoms with Gasteiger partial charge in [0.05, 0.1) is 6.54 Å². The first-order valence-corrected chi connectivity index (χ1v) is 6.01. The lowest BCUT2D eigenvalue weighted by molar-refractivity contribution is -0.140. The summed E-state index contributed by atoms with van der Waals surface area (Å²) in [7, 11) is 0. The fraction of sp³-hybridized carbons (Fsp3) is 0.750. The Labute approximate surface area is 107 Å². The van der Waals surface area contributed by atoms with Gasteiger partial charge in [0, 0.05) is 5.41 Å². The van der Waals surface area contributed by atoms with Gasteiger partial charge in [0.1, 0.15) is 6.04 Å². The molecule has 2 N–H and O–H groups in total. The fourth-order valence-electron chi connectivity index (χ4n) is 1.43. The number of carbonyl (C=O) groups is 1. The highest BCUT2D eigenvalue weighted by Crippen LogP contribution is 2.20. The number of hydrogen-bond acceptors (Lipinski definition) is 5. The molecule has 1 aromatic rings. The minimum atomic E-state index is -0.874. The Kier molecular flexibility index (Phi) is 4.45. The van der Waals surface area contributed by atoms with E-state index < -0.39 is 12.0 Å².